The highest BCUT2D eigenvalue weighted by atomic mass is 19.1. The molecule has 0 spiro atoms. The fourth-order valence-electron chi connectivity index (χ4n) is 3.21. The number of anilines is 1. The number of halogens is 1. The Labute approximate surface area is 165 Å². The minimum Gasteiger partial charge on any atom is -0.486 e. The number of hydrogen-bond donors (Lipinski definition) is 1. The highest BCUT2D eigenvalue weighted by Gasteiger charge is 2.23. The van der Waals surface area contributed by atoms with Crippen LogP contribution >= 0.6 is 0 Å². The monoisotopic (exact) mass is 385 g/mol. The molecule has 2 heterocycles. The van der Waals surface area contributed by atoms with Crippen molar-refractivity contribution in [3.8, 4) is 17.0 Å². The molecule has 7 heteroatoms. The van der Waals surface area contributed by atoms with Crippen molar-refractivity contribution in [3.63, 3.8) is 0 Å². The number of fused-ring (bicyclic) bond motifs is 1. The van der Waals surface area contributed by atoms with Crippen LogP contribution in [0.15, 0.2) is 73.1 Å². The molecule has 1 aliphatic rings. The van der Waals surface area contributed by atoms with Gasteiger partial charge in [0.15, 0.2) is 23.2 Å². The maximum Gasteiger partial charge on any atom is 0.174 e. The van der Waals surface area contributed by atoms with Gasteiger partial charge in [0.05, 0.1) is 0 Å². The van der Waals surface area contributed by atoms with E-state index in [1.54, 1.807) is 22.7 Å². The summed E-state index contributed by atoms with van der Waals surface area (Å²) in [6.45, 7) is 0.263. The highest BCUT2D eigenvalue weighted by molar-refractivity contribution is 5.89. The first-order chi connectivity index (χ1) is 14.2. The summed E-state index contributed by atoms with van der Waals surface area (Å²) in [7, 11) is 0. The first kappa shape index (κ1) is 17.1. The normalized spacial score (nSPS) is 12.7. The number of benzene rings is 2. The standard InChI is InChI=1S/C22H16FN5O/c23-18-16(10-5-11-17(18)29-12-14-6-2-1-3-7-14)19-20-21(24)25-13-26-28(20)22(27-19)15-8-4-9-15/h1-11,13H,12H2,(H2,24,25,26). The molecule has 0 radical (unpaired) electrons. The fraction of sp³-hybridized carbons (Fsp3) is 0.0455. The zero-order valence-electron chi connectivity index (χ0n) is 15.3. The van der Waals surface area contributed by atoms with Gasteiger partial charge in [-0.15, -0.1) is 0 Å². The Hall–Kier alpha value is -4.00. The quantitative estimate of drug-likeness (QED) is 0.561. The molecule has 2 aromatic carbocycles. The number of imidazole rings is 1. The van der Waals surface area contributed by atoms with Gasteiger partial charge in [-0.2, -0.15) is 5.10 Å². The van der Waals surface area contributed by atoms with E-state index in [-0.39, 0.29) is 23.7 Å². The number of ether oxygens (including phenoxy) is 1. The topological polar surface area (TPSA) is 78.3 Å². The molecule has 5 rings (SSSR count). The van der Waals surface area contributed by atoms with Crippen LogP contribution in [0.4, 0.5) is 10.2 Å². The van der Waals surface area contributed by atoms with Crippen molar-refractivity contribution in [2.24, 2.45) is 0 Å². The summed E-state index contributed by atoms with van der Waals surface area (Å²) in [5.74, 6) is 0.456. The SMILES string of the molecule is Nc1ncnn2c(C3=CC=C3)nc(-c3cccc(OCc4ccccc4)c3F)c12. The molecule has 0 fully saturated rings. The summed E-state index contributed by atoms with van der Waals surface area (Å²) in [6.07, 6.45) is 7.08. The molecule has 0 bridgehead atoms. The van der Waals surface area contributed by atoms with Crippen LogP contribution in [-0.4, -0.2) is 19.6 Å². The molecule has 2 aromatic heterocycles. The van der Waals surface area contributed by atoms with Gasteiger partial charge in [-0.05, 0) is 17.7 Å². The summed E-state index contributed by atoms with van der Waals surface area (Å²) in [5.41, 5.74) is 9.05. The summed E-state index contributed by atoms with van der Waals surface area (Å²) < 4.78 is 22.6. The molecule has 0 atom stereocenters. The van der Waals surface area contributed by atoms with E-state index in [9.17, 15) is 0 Å². The average molecular weight is 385 g/mol. The van der Waals surface area contributed by atoms with E-state index in [1.165, 1.54) is 6.33 Å². The van der Waals surface area contributed by atoms with Crippen LogP contribution in [0.3, 0.4) is 0 Å². The third kappa shape index (κ3) is 2.93. The Morgan fingerprint density at radius 2 is 1.90 bits per heavy atom. The third-order valence-corrected chi connectivity index (χ3v) is 4.73. The Bertz CT molecular complexity index is 1280. The molecule has 2 N–H and O–H groups in total. The lowest BCUT2D eigenvalue weighted by molar-refractivity contribution is 0.291. The second-order valence-corrected chi connectivity index (χ2v) is 6.56. The van der Waals surface area contributed by atoms with Crippen LogP contribution in [0.5, 0.6) is 5.75 Å². The van der Waals surface area contributed by atoms with Crippen LogP contribution in [0.25, 0.3) is 22.3 Å². The molecule has 0 saturated heterocycles. The van der Waals surface area contributed by atoms with Gasteiger partial charge in [0, 0.05) is 11.1 Å². The lowest BCUT2D eigenvalue weighted by Crippen LogP contribution is -2.03. The van der Waals surface area contributed by atoms with E-state index in [0.717, 1.165) is 11.1 Å². The molecule has 1 aliphatic carbocycles. The number of nitrogens with zero attached hydrogens (tertiary/aromatic N) is 4. The van der Waals surface area contributed by atoms with Gasteiger partial charge in [0.2, 0.25) is 0 Å². The van der Waals surface area contributed by atoms with Crippen LogP contribution in [-0.2, 0) is 6.61 Å². The number of allylic oxidation sites excluding steroid dienone is 4. The summed E-state index contributed by atoms with van der Waals surface area (Å²) in [5, 5.41) is 4.25. The number of nitrogen functional groups attached to an aromatic ring is 1. The van der Waals surface area contributed by atoms with Gasteiger partial charge in [0.25, 0.3) is 0 Å². The minimum absolute atomic E-state index is 0.146. The van der Waals surface area contributed by atoms with E-state index in [4.69, 9.17) is 10.5 Å². The van der Waals surface area contributed by atoms with Crippen molar-refractivity contribution in [1.29, 1.82) is 0 Å². The highest BCUT2D eigenvalue weighted by Crippen LogP contribution is 2.35. The average Bonchev–Trinajstić information content (AvgIpc) is 3.07. The Kier molecular flexibility index (Phi) is 4.05. The second kappa shape index (κ2) is 6.87. The predicted molar refractivity (Wildman–Crippen MR) is 108 cm³/mol. The molecule has 0 amide bonds. The molecule has 29 heavy (non-hydrogen) atoms. The molecule has 0 aliphatic heterocycles. The van der Waals surface area contributed by atoms with Crippen molar-refractivity contribution in [2.75, 3.05) is 5.73 Å². The van der Waals surface area contributed by atoms with Crippen LogP contribution in [0.1, 0.15) is 11.4 Å². The zero-order chi connectivity index (χ0) is 19.8. The van der Waals surface area contributed by atoms with Crippen molar-refractivity contribution in [1.82, 2.24) is 19.6 Å². The van der Waals surface area contributed by atoms with E-state index in [2.05, 4.69) is 15.1 Å². The summed E-state index contributed by atoms with van der Waals surface area (Å²) >= 11 is 0. The zero-order valence-corrected chi connectivity index (χ0v) is 15.3. The summed E-state index contributed by atoms with van der Waals surface area (Å²) in [4.78, 5) is 8.68. The van der Waals surface area contributed by atoms with Crippen LogP contribution in [0, 0.1) is 5.82 Å². The molecular formula is C22H16FN5O. The number of aromatic nitrogens is 4. The second-order valence-electron chi connectivity index (χ2n) is 6.56. The van der Waals surface area contributed by atoms with Crippen molar-refractivity contribution in [3.05, 3.63) is 90.3 Å². The van der Waals surface area contributed by atoms with E-state index in [1.807, 2.05) is 48.6 Å². The van der Waals surface area contributed by atoms with Gasteiger partial charge in [0.1, 0.15) is 24.1 Å². The lowest BCUT2D eigenvalue weighted by atomic mass is 10.1. The van der Waals surface area contributed by atoms with E-state index < -0.39 is 5.82 Å². The molecule has 142 valence electrons. The number of nitrogens with two attached hydrogens (primary N) is 1. The largest absolute Gasteiger partial charge is 0.486 e. The maximum atomic E-state index is 15.3. The predicted octanol–water partition coefficient (Wildman–Crippen LogP) is 4.04. The van der Waals surface area contributed by atoms with Gasteiger partial charge in [-0.1, -0.05) is 54.6 Å². The molecule has 0 saturated carbocycles. The lowest BCUT2D eigenvalue weighted by Gasteiger charge is -2.10. The first-order valence-electron chi connectivity index (χ1n) is 9.06. The van der Waals surface area contributed by atoms with Crippen molar-refractivity contribution < 1.29 is 9.13 Å². The van der Waals surface area contributed by atoms with Gasteiger partial charge in [-0.3, -0.25) is 0 Å². The molecular weight excluding hydrogens is 369 g/mol. The Morgan fingerprint density at radius 3 is 2.66 bits per heavy atom. The molecule has 6 nitrogen and oxygen atoms in total. The minimum atomic E-state index is -0.503. The third-order valence-electron chi connectivity index (χ3n) is 4.73. The van der Waals surface area contributed by atoms with E-state index >= 15 is 4.39 Å². The maximum absolute atomic E-state index is 15.3. The van der Waals surface area contributed by atoms with Gasteiger partial charge in [-0.25, -0.2) is 18.9 Å². The van der Waals surface area contributed by atoms with E-state index in [0.29, 0.717) is 17.0 Å². The van der Waals surface area contributed by atoms with Crippen LogP contribution in [0.2, 0.25) is 0 Å². The molecule has 4 aromatic rings. The molecule has 0 unspecified atom stereocenters. The van der Waals surface area contributed by atoms with Gasteiger partial charge >= 0.3 is 0 Å². The Morgan fingerprint density at radius 1 is 1.07 bits per heavy atom. The summed E-state index contributed by atoms with van der Waals surface area (Å²) in [6, 6.07) is 14.6. The van der Waals surface area contributed by atoms with Crippen molar-refractivity contribution >= 4 is 16.9 Å². The van der Waals surface area contributed by atoms with Gasteiger partial charge < -0.3 is 10.5 Å². The van der Waals surface area contributed by atoms with Crippen molar-refractivity contribution in [2.45, 2.75) is 6.61 Å². The smallest absolute Gasteiger partial charge is 0.174 e. The Balaban J connectivity index is 1.59. The fourth-order valence-corrected chi connectivity index (χ4v) is 3.21. The number of hydrogen-bond acceptors (Lipinski definition) is 5. The van der Waals surface area contributed by atoms with Crippen LogP contribution < -0.4 is 10.5 Å². The number of rotatable bonds is 5. The first-order valence-corrected chi connectivity index (χ1v) is 9.06.